The standard InChI is InChI=1S/C14H21N3/c1-12(2)11-14(13-5-3-4-6-16-13)17-9-7-15-8-10-17/h3-6,14-15H,1,7-11H2,2H3/t14-/m1/s1. The highest BCUT2D eigenvalue weighted by molar-refractivity contribution is 5.12. The summed E-state index contributed by atoms with van der Waals surface area (Å²) in [5, 5.41) is 3.39. The molecular formula is C14H21N3. The van der Waals surface area contributed by atoms with Crippen molar-refractivity contribution in [2.24, 2.45) is 0 Å². The van der Waals surface area contributed by atoms with E-state index in [4.69, 9.17) is 0 Å². The molecule has 1 aromatic rings. The topological polar surface area (TPSA) is 28.2 Å². The summed E-state index contributed by atoms with van der Waals surface area (Å²) in [5.74, 6) is 0. The summed E-state index contributed by atoms with van der Waals surface area (Å²) in [6, 6.07) is 6.54. The van der Waals surface area contributed by atoms with Gasteiger partial charge in [-0.05, 0) is 25.5 Å². The average Bonchev–Trinajstić information content (AvgIpc) is 2.38. The van der Waals surface area contributed by atoms with Crippen LogP contribution in [0.2, 0.25) is 0 Å². The Hall–Kier alpha value is -1.19. The molecule has 1 saturated heterocycles. The summed E-state index contributed by atoms with van der Waals surface area (Å²) in [7, 11) is 0. The van der Waals surface area contributed by atoms with Crippen LogP contribution in [0.25, 0.3) is 0 Å². The van der Waals surface area contributed by atoms with Gasteiger partial charge >= 0.3 is 0 Å². The number of nitrogens with one attached hydrogen (secondary N) is 1. The number of piperazine rings is 1. The van der Waals surface area contributed by atoms with Crippen molar-refractivity contribution < 1.29 is 0 Å². The third kappa shape index (κ3) is 3.38. The molecule has 2 heterocycles. The van der Waals surface area contributed by atoms with E-state index in [1.54, 1.807) is 0 Å². The van der Waals surface area contributed by atoms with Gasteiger partial charge in [0.2, 0.25) is 0 Å². The summed E-state index contributed by atoms with van der Waals surface area (Å²) in [6.07, 6.45) is 2.87. The third-order valence-electron chi connectivity index (χ3n) is 3.16. The zero-order valence-electron chi connectivity index (χ0n) is 10.5. The number of pyridine rings is 1. The van der Waals surface area contributed by atoms with E-state index in [1.807, 2.05) is 12.3 Å². The van der Waals surface area contributed by atoms with Gasteiger partial charge in [0.15, 0.2) is 0 Å². The molecule has 1 fully saturated rings. The minimum absolute atomic E-state index is 0.385. The molecule has 0 radical (unpaired) electrons. The Bertz CT molecular complexity index is 355. The fourth-order valence-corrected chi connectivity index (χ4v) is 2.32. The van der Waals surface area contributed by atoms with Crippen LogP contribution in [0.15, 0.2) is 36.5 Å². The third-order valence-corrected chi connectivity index (χ3v) is 3.16. The summed E-state index contributed by atoms with van der Waals surface area (Å²) in [5.41, 5.74) is 2.39. The van der Waals surface area contributed by atoms with Crippen molar-refractivity contribution in [3.05, 3.63) is 42.2 Å². The second-order valence-corrected chi connectivity index (χ2v) is 4.72. The van der Waals surface area contributed by atoms with Gasteiger partial charge in [-0.2, -0.15) is 0 Å². The lowest BCUT2D eigenvalue weighted by Gasteiger charge is -2.34. The van der Waals surface area contributed by atoms with Gasteiger partial charge in [-0.3, -0.25) is 9.88 Å². The highest BCUT2D eigenvalue weighted by Gasteiger charge is 2.22. The zero-order valence-corrected chi connectivity index (χ0v) is 10.5. The molecule has 1 aliphatic rings. The second kappa shape index (κ2) is 5.94. The fraction of sp³-hybridized carbons (Fsp3) is 0.500. The number of hydrogen-bond donors (Lipinski definition) is 1. The molecule has 0 amide bonds. The zero-order chi connectivity index (χ0) is 12.1. The minimum Gasteiger partial charge on any atom is -0.314 e. The molecule has 0 saturated carbocycles. The van der Waals surface area contributed by atoms with Gasteiger partial charge in [0.25, 0.3) is 0 Å². The molecule has 1 N–H and O–H groups in total. The molecule has 0 aliphatic carbocycles. The number of hydrogen-bond acceptors (Lipinski definition) is 3. The fourth-order valence-electron chi connectivity index (χ4n) is 2.32. The quantitative estimate of drug-likeness (QED) is 0.803. The molecule has 92 valence electrons. The van der Waals surface area contributed by atoms with Crippen LogP contribution in [0.3, 0.4) is 0 Å². The number of rotatable bonds is 4. The average molecular weight is 231 g/mol. The number of nitrogens with zero attached hydrogens (tertiary/aromatic N) is 2. The maximum Gasteiger partial charge on any atom is 0.0578 e. The summed E-state index contributed by atoms with van der Waals surface area (Å²) in [4.78, 5) is 7.01. The normalized spacial score (nSPS) is 18.9. The first-order chi connectivity index (χ1) is 8.27. The van der Waals surface area contributed by atoms with Crippen LogP contribution in [-0.2, 0) is 0 Å². The summed E-state index contributed by atoms with van der Waals surface area (Å²) < 4.78 is 0. The Morgan fingerprint density at radius 2 is 2.24 bits per heavy atom. The van der Waals surface area contributed by atoms with Crippen LogP contribution < -0.4 is 5.32 Å². The first kappa shape index (κ1) is 12.3. The molecule has 0 spiro atoms. The molecule has 3 heteroatoms. The molecule has 0 aromatic carbocycles. The predicted molar refractivity (Wildman–Crippen MR) is 70.9 cm³/mol. The van der Waals surface area contributed by atoms with Crippen LogP contribution >= 0.6 is 0 Å². The molecule has 1 atom stereocenters. The van der Waals surface area contributed by atoms with Crippen LogP contribution in [0, 0.1) is 0 Å². The molecular weight excluding hydrogens is 210 g/mol. The molecule has 1 aliphatic heterocycles. The number of aromatic nitrogens is 1. The van der Waals surface area contributed by atoms with E-state index in [0.717, 1.165) is 38.3 Å². The molecule has 0 unspecified atom stereocenters. The van der Waals surface area contributed by atoms with E-state index >= 15 is 0 Å². The van der Waals surface area contributed by atoms with E-state index in [-0.39, 0.29) is 0 Å². The first-order valence-electron chi connectivity index (χ1n) is 6.27. The van der Waals surface area contributed by atoms with Crippen molar-refractivity contribution >= 4 is 0 Å². The van der Waals surface area contributed by atoms with Crippen molar-refractivity contribution in [3.8, 4) is 0 Å². The maximum atomic E-state index is 4.50. The Labute approximate surface area is 104 Å². The molecule has 1 aromatic heterocycles. The smallest absolute Gasteiger partial charge is 0.0578 e. The van der Waals surface area contributed by atoms with Gasteiger partial charge in [-0.1, -0.05) is 11.6 Å². The monoisotopic (exact) mass is 231 g/mol. The Kier molecular flexibility index (Phi) is 4.29. The van der Waals surface area contributed by atoms with Gasteiger partial charge in [0.1, 0.15) is 0 Å². The Balaban J connectivity index is 2.15. The Morgan fingerprint density at radius 3 is 2.82 bits per heavy atom. The van der Waals surface area contributed by atoms with E-state index in [0.29, 0.717) is 6.04 Å². The van der Waals surface area contributed by atoms with Crippen molar-refractivity contribution in [2.45, 2.75) is 19.4 Å². The van der Waals surface area contributed by atoms with Crippen LogP contribution in [-0.4, -0.2) is 36.1 Å². The van der Waals surface area contributed by atoms with E-state index in [1.165, 1.54) is 5.57 Å². The van der Waals surface area contributed by atoms with Gasteiger partial charge < -0.3 is 5.32 Å². The van der Waals surface area contributed by atoms with Crippen molar-refractivity contribution in [1.29, 1.82) is 0 Å². The Morgan fingerprint density at radius 1 is 1.47 bits per heavy atom. The first-order valence-corrected chi connectivity index (χ1v) is 6.27. The molecule has 2 rings (SSSR count). The molecule has 0 bridgehead atoms. The van der Waals surface area contributed by atoms with Crippen molar-refractivity contribution in [1.82, 2.24) is 15.2 Å². The second-order valence-electron chi connectivity index (χ2n) is 4.72. The lowest BCUT2D eigenvalue weighted by Crippen LogP contribution is -2.45. The van der Waals surface area contributed by atoms with Crippen molar-refractivity contribution in [3.63, 3.8) is 0 Å². The molecule has 17 heavy (non-hydrogen) atoms. The predicted octanol–water partition coefficient (Wildman–Crippen LogP) is 1.99. The van der Waals surface area contributed by atoms with Crippen LogP contribution in [0.4, 0.5) is 0 Å². The maximum absolute atomic E-state index is 4.50. The van der Waals surface area contributed by atoms with Crippen LogP contribution in [0.1, 0.15) is 25.1 Å². The largest absolute Gasteiger partial charge is 0.314 e. The van der Waals surface area contributed by atoms with E-state index in [2.05, 4.69) is 40.8 Å². The lowest BCUT2D eigenvalue weighted by atomic mass is 10.0. The SMILES string of the molecule is C=C(C)C[C@H](c1ccccn1)N1CCNCC1. The van der Waals surface area contributed by atoms with Crippen molar-refractivity contribution in [2.75, 3.05) is 26.2 Å². The van der Waals surface area contributed by atoms with Gasteiger partial charge in [-0.15, -0.1) is 6.58 Å². The lowest BCUT2D eigenvalue weighted by molar-refractivity contribution is 0.169. The molecule has 3 nitrogen and oxygen atoms in total. The van der Waals surface area contributed by atoms with E-state index < -0.39 is 0 Å². The highest BCUT2D eigenvalue weighted by atomic mass is 15.2. The van der Waals surface area contributed by atoms with Crippen LogP contribution in [0.5, 0.6) is 0 Å². The van der Waals surface area contributed by atoms with Gasteiger partial charge in [0.05, 0.1) is 11.7 Å². The minimum atomic E-state index is 0.385. The summed E-state index contributed by atoms with van der Waals surface area (Å²) >= 11 is 0. The summed E-state index contributed by atoms with van der Waals surface area (Å²) in [6.45, 7) is 10.5. The van der Waals surface area contributed by atoms with E-state index in [9.17, 15) is 0 Å². The van der Waals surface area contributed by atoms with Gasteiger partial charge in [0, 0.05) is 32.4 Å². The highest BCUT2D eigenvalue weighted by Crippen LogP contribution is 2.25. The van der Waals surface area contributed by atoms with Gasteiger partial charge in [-0.25, -0.2) is 0 Å².